The van der Waals surface area contributed by atoms with Gasteiger partial charge in [-0.05, 0) is 49.2 Å². The Kier molecular flexibility index (Phi) is 4.66. The van der Waals surface area contributed by atoms with E-state index in [4.69, 9.17) is 4.52 Å². The lowest BCUT2D eigenvalue weighted by atomic mass is 9.99. The van der Waals surface area contributed by atoms with Gasteiger partial charge in [-0.3, -0.25) is 9.78 Å². The molecule has 0 amide bonds. The van der Waals surface area contributed by atoms with E-state index in [0.29, 0.717) is 17.4 Å². The molecule has 4 rings (SSSR count). The molecule has 0 fully saturated rings. The van der Waals surface area contributed by atoms with Crippen LogP contribution in [-0.4, -0.2) is 19.7 Å². The maximum Gasteiger partial charge on any atom is 0.325 e. The molecule has 7 heteroatoms. The van der Waals surface area contributed by atoms with Gasteiger partial charge in [0.05, 0.1) is 5.52 Å². The van der Waals surface area contributed by atoms with Gasteiger partial charge in [0.15, 0.2) is 5.82 Å². The predicted octanol–water partition coefficient (Wildman–Crippen LogP) is 4.47. The number of pyridine rings is 2. The fraction of sp³-hybridized carbons (Fsp3) is 0.273. The van der Waals surface area contributed by atoms with Crippen LogP contribution in [0.5, 0.6) is 0 Å². The highest BCUT2D eigenvalue weighted by molar-refractivity contribution is 5.85. The Morgan fingerprint density at radius 2 is 1.90 bits per heavy atom. The van der Waals surface area contributed by atoms with Crippen molar-refractivity contribution in [2.45, 2.75) is 33.6 Å². The molecule has 7 nitrogen and oxygen atoms in total. The van der Waals surface area contributed by atoms with E-state index in [0.717, 1.165) is 33.4 Å². The van der Waals surface area contributed by atoms with Crippen LogP contribution in [0.4, 0.5) is 11.7 Å². The molecule has 3 aromatic heterocycles. The quantitative estimate of drug-likeness (QED) is 0.554. The number of aryl methyl sites for hydroxylation is 3. The van der Waals surface area contributed by atoms with Crippen molar-refractivity contribution in [1.29, 1.82) is 0 Å². The molecule has 4 aromatic rings. The number of hydrogen-bond acceptors (Lipinski definition) is 6. The molecule has 29 heavy (non-hydrogen) atoms. The number of aromatic nitrogens is 4. The number of fused-ring (bicyclic) bond motifs is 1. The molecule has 0 aliphatic rings. The second kappa shape index (κ2) is 7.16. The van der Waals surface area contributed by atoms with E-state index in [-0.39, 0.29) is 11.5 Å². The lowest BCUT2D eigenvalue weighted by Gasteiger charge is -2.12. The second-order valence-corrected chi connectivity index (χ2v) is 7.57. The van der Waals surface area contributed by atoms with E-state index in [9.17, 15) is 4.79 Å². The van der Waals surface area contributed by atoms with E-state index in [2.05, 4.69) is 20.4 Å². The van der Waals surface area contributed by atoms with Crippen LogP contribution in [-0.2, 0) is 7.05 Å². The first kappa shape index (κ1) is 18.9. The van der Waals surface area contributed by atoms with E-state index in [1.165, 1.54) is 0 Å². The molecule has 0 saturated heterocycles. The summed E-state index contributed by atoms with van der Waals surface area (Å²) in [5.41, 5.74) is 4.94. The summed E-state index contributed by atoms with van der Waals surface area (Å²) in [7, 11) is 1.79. The topological polar surface area (TPSA) is 85.8 Å². The molecule has 0 saturated carbocycles. The van der Waals surface area contributed by atoms with E-state index in [1.807, 2.05) is 58.0 Å². The van der Waals surface area contributed by atoms with Crippen LogP contribution in [0.25, 0.3) is 22.0 Å². The van der Waals surface area contributed by atoms with Gasteiger partial charge in [0.2, 0.25) is 0 Å². The Bertz CT molecular complexity index is 1270. The van der Waals surface area contributed by atoms with Crippen molar-refractivity contribution >= 4 is 22.6 Å². The summed E-state index contributed by atoms with van der Waals surface area (Å²) < 4.78 is 6.94. The highest BCUT2D eigenvalue weighted by Crippen LogP contribution is 2.28. The summed E-state index contributed by atoms with van der Waals surface area (Å²) in [6.45, 7) is 7.91. The van der Waals surface area contributed by atoms with Crippen LogP contribution in [0.2, 0.25) is 0 Å². The average molecular weight is 389 g/mol. The second-order valence-electron chi connectivity index (χ2n) is 7.57. The van der Waals surface area contributed by atoms with E-state index >= 15 is 0 Å². The van der Waals surface area contributed by atoms with Crippen molar-refractivity contribution in [2.75, 3.05) is 5.32 Å². The maximum absolute atomic E-state index is 13.1. The summed E-state index contributed by atoms with van der Waals surface area (Å²) in [6, 6.07) is 9.98. The number of benzene rings is 1. The highest BCUT2D eigenvalue weighted by Gasteiger charge is 2.14. The Hall–Kier alpha value is -3.48. The lowest BCUT2D eigenvalue weighted by Crippen LogP contribution is -2.19. The Labute approximate surface area is 168 Å². The summed E-state index contributed by atoms with van der Waals surface area (Å²) in [5, 5.41) is 8.02. The maximum atomic E-state index is 13.1. The van der Waals surface area contributed by atoms with Crippen molar-refractivity contribution in [3.8, 4) is 11.1 Å². The first-order valence-corrected chi connectivity index (χ1v) is 9.51. The first-order chi connectivity index (χ1) is 13.8. The largest absolute Gasteiger partial charge is 0.325 e. The summed E-state index contributed by atoms with van der Waals surface area (Å²) in [6.07, 6.45) is 1.80. The van der Waals surface area contributed by atoms with Crippen LogP contribution >= 0.6 is 0 Å². The third-order valence-corrected chi connectivity index (χ3v) is 4.98. The number of hydrogen-bond donors (Lipinski definition) is 1. The molecule has 148 valence electrons. The fourth-order valence-electron chi connectivity index (χ4n) is 3.29. The number of rotatable bonds is 4. The molecule has 0 spiro atoms. The minimum absolute atomic E-state index is 0.0526. The van der Waals surface area contributed by atoms with Crippen LogP contribution in [0.15, 0.2) is 45.8 Å². The molecule has 0 bridgehead atoms. The summed E-state index contributed by atoms with van der Waals surface area (Å²) in [5.74, 6) is 0.826. The fourth-order valence-corrected chi connectivity index (χ4v) is 3.29. The van der Waals surface area contributed by atoms with Crippen LogP contribution in [0.1, 0.15) is 36.8 Å². The van der Waals surface area contributed by atoms with Crippen molar-refractivity contribution < 1.29 is 4.52 Å². The van der Waals surface area contributed by atoms with Gasteiger partial charge in [-0.2, -0.15) is 4.98 Å². The van der Waals surface area contributed by atoms with Crippen molar-refractivity contribution in [3.63, 3.8) is 0 Å². The number of anilines is 2. The molecular weight excluding hydrogens is 366 g/mol. The standard InChI is InChI=1S/C22H23N5O2/c1-12(2)20-25-22(29-26-20)24-16-7-6-13(3)17(10-16)18-9-15-11-23-14(4)8-19(15)27(5)21(18)28/h6-12H,1-5H3,(H,24,25,26). The molecule has 0 atom stereocenters. The normalized spacial score (nSPS) is 11.4. The Balaban J connectivity index is 1.79. The summed E-state index contributed by atoms with van der Waals surface area (Å²) >= 11 is 0. The van der Waals surface area contributed by atoms with E-state index < -0.39 is 0 Å². The SMILES string of the molecule is Cc1cc2c(cn1)cc(-c1cc(Nc3nc(C(C)C)no3)ccc1C)c(=O)n2C. The lowest BCUT2D eigenvalue weighted by molar-refractivity contribution is 0.422. The van der Waals surface area contributed by atoms with Gasteiger partial charge in [0.25, 0.3) is 5.56 Å². The molecule has 0 radical (unpaired) electrons. The third kappa shape index (κ3) is 3.51. The van der Waals surface area contributed by atoms with Crippen molar-refractivity contribution in [1.82, 2.24) is 19.7 Å². The van der Waals surface area contributed by atoms with Gasteiger partial charge in [0, 0.05) is 41.5 Å². The highest BCUT2D eigenvalue weighted by atomic mass is 16.5. The van der Waals surface area contributed by atoms with E-state index in [1.54, 1.807) is 17.8 Å². The average Bonchev–Trinajstić information content (AvgIpc) is 3.16. The zero-order valence-electron chi connectivity index (χ0n) is 17.1. The van der Waals surface area contributed by atoms with Crippen molar-refractivity contribution in [2.24, 2.45) is 7.05 Å². The molecule has 1 N–H and O–H groups in total. The van der Waals surface area contributed by atoms with Crippen LogP contribution in [0, 0.1) is 13.8 Å². The zero-order chi connectivity index (χ0) is 20.7. The molecule has 0 aliphatic carbocycles. The minimum Gasteiger partial charge on any atom is -0.315 e. The van der Waals surface area contributed by atoms with Crippen LogP contribution in [0.3, 0.4) is 0 Å². The smallest absolute Gasteiger partial charge is 0.315 e. The van der Waals surface area contributed by atoms with Gasteiger partial charge in [-0.25, -0.2) is 0 Å². The predicted molar refractivity (Wildman–Crippen MR) is 114 cm³/mol. The molecule has 0 unspecified atom stereocenters. The van der Waals surface area contributed by atoms with Gasteiger partial charge in [0.1, 0.15) is 0 Å². The number of nitrogens with zero attached hydrogens (tertiary/aromatic N) is 4. The number of nitrogens with one attached hydrogen (secondary N) is 1. The monoisotopic (exact) mass is 389 g/mol. The summed E-state index contributed by atoms with van der Waals surface area (Å²) in [4.78, 5) is 21.8. The van der Waals surface area contributed by atoms with Crippen LogP contribution < -0.4 is 10.9 Å². The Morgan fingerprint density at radius 3 is 2.62 bits per heavy atom. The third-order valence-electron chi connectivity index (χ3n) is 4.98. The zero-order valence-corrected chi connectivity index (χ0v) is 17.1. The molecule has 3 heterocycles. The Morgan fingerprint density at radius 1 is 1.10 bits per heavy atom. The van der Waals surface area contributed by atoms with Gasteiger partial charge in [-0.1, -0.05) is 25.1 Å². The van der Waals surface area contributed by atoms with Gasteiger partial charge in [-0.15, -0.1) is 0 Å². The van der Waals surface area contributed by atoms with Crippen molar-refractivity contribution in [3.05, 3.63) is 64.0 Å². The van der Waals surface area contributed by atoms with Gasteiger partial charge >= 0.3 is 6.01 Å². The minimum atomic E-state index is -0.0526. The van der Waals surface area contributed by atoms with Gasteiger partial charge < -0.3 is 14.4 Å². The molecular formula is C22H23N5O2. The molecule has 1 aromatic carbocycles. The molecule has 0 aliphatic heterocycles. The first-order valence-electron chi connectivity index (χ1n) is 9.51.